The number of esters is 1. The number of aliphatic hydroxyl groups is 1. The smallest absolute Gasteiger partial charge is 0.347 e. The first-order chi connectivity index (χ1) is 9.19. The van der Waals surface area contributed by atoms with Crippen LogP contribution in [0.25, 0.3) is 0 Å². The molecule has 0 aliphatic heterocycles. The minimum atomic E-state index is -1.42. The largest absolute Gasteiger partial charge is 0.463 e. The zero-order chi connectivity index (χ0) is 13.5. The Balaban J connectivity index is 2.08. The number of carbonyl (C=O) groups is 1. The van der Waals surface area contributed by atoms with Crippen LogP contribution in [-0.4, -0.2) is 23.3 Å². The van der Waals surface area contributed by atoms with Crippen LogP contribution in [-0.2, 0) is 9.53 Å². The molecule has 0 bridgehead atoms. The molecule has 0 aromatic heterocycles. The molecule has 3 aliphatic rings. The van der Waals surface area contributed by atoms with Crippen molar-refractivity contribution in [2.75, 3.05) is 6.61 Å². The molecule has 0 aromatic rings. The Morgan fingerprint density at radius 1 is 1.05 bits per heavy atom. The molecule has 0 amide bonds. The Labute approximate surface area is 114 Å². The molecule has 3 aliphatic carbocycles. The highest BCUT2D eigenvalue weighted by Gasteiger charge is 2.52. The molecule has 104 valence electrons. The normalized spacial score (nSPS) is 25.2. The third-order valence-electron chi connectivity index (χ3n) is 4.74. The van der Waals surface area contributed by atoms with Gasteiger partial charge in [0.25, 0.3) is 0 Å². The van der Waals surface area contributed by atoms with Gasteiger partial charge in [0.05, 0.1) is 6.61 Å². The lowest BCUT2D eigenvalue weighted by Gasteiger charge is -2.30. The van der Waals surface area contributed by atoms with E-state index in [2.05, 4.69) is 0 Å². The minimum absolute atomic E-state index is 0.326. The molecule has 0 atom stereocenters. The number of rotatable bonds is 2. The summed E-state index contributed by atoms with van der Waals surface area (Å²) in [5.74, 6) is -0.448. The van der Waals surface area contributed by atoms with Gasteiger partial charge < -0.3 is 9.84 Å². The summed E-state index contributed by atoms with van der Waals surface area (Å²) in [4.78, 5) is 12.3. The molecular weight excluding hydrogens is 240 g/mol. The fourth-order valence-corrected chi connectivity index (χ4v) is 3.94. The van der Waals surface area contributed by atoms with Crippen LogP contribution in [0.2, 0.25) is 0 Å². The predicted molar refractivity (Wildman–Crippen MR) is 72.6 cm³/mol. The van der Waals surface area contributed by atoms with Crippen molar-refractivity contribution in [1.82, 2.24) is 0 Å². The van der Waals surface area contributed by atoms with Gasteiger partial charge in [0, 0.05) is 0 Å². The maximum atomic E-state index is 12.3. The maximum absolute atomic E-state index is 12.3. The summed E-state index contributed by atoms with van der Waals surface area (Å²) < 4.78 is 5.17. The molecule has 0 saturated heterocycles. The second-order valence-electron chi connectivity index (χ2n) is 5.76. The molecule has 0 unspecified atom stereocenters. The summed E-state index contributed by atoms with van der Waals surface area (Å²) in [6.07, 6.45) is 8.23. The molecule has 0 aromatic carbocycles. The van der Waals surface area contributed by atoms with Crippen molar-refractivity contribution in [3.05, 3.63) is 22.3 Å². The maximum Gasteiger partial charge on any atom is 0.347 e. The number of allylic oxidation sites excluding steroid dienone is 2. The summed E-state index contributed by atoms with van der Waals surface area (Å²) in [7, 11) is 0. The van der Waals surface area contributed by atoms with Gasteiger partial charge in [-0.05, 0) is 80.6 Å². The Morgan fingerprint density at radius 3 is 2.00 bits per heavy atom. The van der Waals surface area contributed by atoms with Crippen LogP contribution < -0.4 is 0 Å². The quantitative estimate of drug-likeness (QED) is 0.778. The molecular formula is C16H22O3. The van der Waals surface area contributed by atoms with Gasteiger partial charge in [0.2, 0.25) is 5.60 Å². The number of fused-ring (bicyclic) bond motifs is 1. The number of ether oxygens (including phenoxy) is 1. The van der Waals surface area contributed by atoms with Crippen LogP contribution in [0.3, 0.4) is 0 Å². The van der Waals surface area contributed by atoms with Gasteiger partial charge in [-0.2, -0.15) is 0 Å². The highest BCUT2D eigenvalue weighted by atomic mass is 16.5. The Hall–Kier alpha value is -1.09. The summed E-state index contributed by atoms with van der Waals surface area (Å²) in [5.41, 5.74) is 3.09. The fraction of sp³-hybridized carbons (Fsp3) is 0.688. The zero-order valence-electron chi connectivity index (χ0n) is 11.6. The van der Waals surface area contributed by atoms with Crippen LogP contribution in [0, 0.1) is 0 Å². The van der Waals surface area contributed by atoms with E-state index in [1.807, 2.05) is 0 Å². The van der Waals surface area contributed by atoms with Gasteiger partial charge in [-0.3, -0.25) is 0 Å². The molecule has 3 heteroatoms. The molecule has 0 radical (unpaired) electrons. The van der Waals surface area contributed by atoms with Crippen LogP contribution >= 0.6 is 0 Å². The van der Waals surface area contributed by atoms with E-state index >= 15 is 0 Å². The topological polar surface area (TPSA) is 46.5 Å². The Kier molecular flexibility index (Phi) is 3.25. The van der Waals surface area contributed by atoms with Gasteiger partial charge in [-0.25, -0.2) is 4.79 Å². The third kappa shape index (κ3) is 1.78. The van der Waals surface area contributed by atoms with Gasteiger partial charge in [0.15, 0.2) is 0 Å². The van der Waals surface area contributed by atoms with Crippen molar-refractivity contribution < 1.29 is 14.6 Å². The van der Waals surface area contributed by atoms with E-state index in [1.54, 1.807) is 6.92 Å². The van der Waals surface area contributed by atoms with E-state index in [-0.39, 0.29) is 0 Å². The van der Waals surface area contributed by atoms with Crippen molar-refractivity contribution in [2.45, 2.75) is 63.9 Å². The van der Waals surface area contributed by atoms with Crippen molar-refractivity contribution in [1.29, 1.82) is 0 Å². The van der Waals surface area contributed by atoms with Crippen molar-refractivity contribution in [2.24, 2.45) is 0 Å². The lowest BCUT2D eigenvalue weighted by Crippen LogP contribution is -2.43. The standard InChI is InChI=1S/C16H22O3/c1-2-19-15(17)16(18)13-9-5-3-7-11(13)12-8-4-6-10-14(12)16/h18H,2-10H2,1H3. The monoisotopic (exact) mass is 262 g/mol. The van der Waals surface area contributed by atoms with E-state index in [0.717, 1.165) is 49.7 Å². The number of carbonyl (C=O) groups excluding carboxylic acids is 1. The Bertz CT molecular complexity index is 438. The van der Waals surface area contributed by atoms with E-state index in [0.29, 0.717) is 6.61 Å². The lowest BCUT2D eigenvalue weighted by molar-refractivity contribution is -0.157. The van der Waals surface area contributed by atoms with E-state index in [9.17, 15) is 9.90 Å². The van der Waals surface area contributed by atoms with Crippen molar-refractivity contribution in [3.8, 4) is 0 Å². The first-order valence-corrected chi connectivity index (χ1v) is 7.54. The van der Waals surface area contributed by atoms with Crippen LogP contribution in [0.4, 0.5) is 0 Å². The molecule has 3 rings (SSSR count). The minimum Gasteiger partial charge on any atom is -0.463 e. The summed E-state index contributed by atoms with van der Waals surface area (Å²) in [6.45, 7) is 2.12. The summed E-state index contributed by atoms with van der Waals surface area (Å²) in [5, 5.41) is 11.1. The second-order valence-corrected chi connectivity index (χ2v) is 5.76. The Morgan fingerprint density at radius 2 is 1.53 bits per heavy atom. The van der Waals surface area contributed by atoms with Crippen LogP contribution in [0.1, 0.15) is 58.3 Å². The SMILES string of the molecule is CCOC(=O)C1(O)C2=C(CCCC2)C2=C1CCCC2. The lowest BCUT2D eigenvalue weighted by atomic mass is 9.81. The van der Waals surface area contributed by atoms with Gasteiger partial charge >= 0.3 is 5.97 Å². The van der Waals surface area contributed by atoms with E-state index < -0.39 is 11.6 Å². The van der Waals surface area contributed by atoms with Gasteiger partial charge in [0.1, 0.15) is 0 Å². The predicted octanol–water partition coefficient (Wildman–Crippen LogP) is 3.04. The summed E-state index contributed by atoms with van der Waals surface area (Å²) >= 11 is 0. The average molecular weight is 262 g/mol. The average Bonchev–Trinajstić information content (AvgIpc) is 2.72. The molecule has 19 heavy (non-hydrogen) atoms. The fourth-order valence-electron chi connectivity index (χ4n) is 3.94. The van der Waals surface area contributed by atoms with Crippen LogP contribution in [0.15, 0.2) is 22.3 Å². The first kappa shape index (κ1) is 12.9. The molecule has 0 spiro atoms. The van der Waals surface area contributed by atoms with Gasteiger partial charge in [-0.1, -0.05) is 0 Å². The molecule has 0 fully saturated rings. The third-order valence-corrected chi connectivity index (χ3v) is 4.74. The van der Waals surface area contributed by atoms with Crippen LogP contribution in [0.5, 0.6) is 0 Å². The number of hydrogen-bond acceptors (Lipinski definition) is 3. The number of hydrogen-bond donors (Lipinski definition) is 1. The highest BCUT2D eigenvalue weighted by molar-refractivity contribution is 5.91. The van der Waals surface area contributed by atoms with E-state index in [1.165, 1.54) is 24.0 Å². The molecule has 0 saturated carbocycles. The van der Waals surface area contributed by atoms with E-state index in [4.69, 9.17) is 4.74 Å². The molecule has 0 heterocycles. The highest BCUT2D eigenvalue weighted by Crippen LogP contribution is 2.52. The van der Waals surface area contributed by atoms with Crippen molar-refractivity contribution >= 4 is 5.97 Å². The zero-order valence-corrected chi connectivity index (χ0v) is 11.6. The second kappa shape index (κ2) is 4.78. The van der Waals surface area contributed by atoms with Crippen molar-refractivity contribution in [3.63, 3.8) is 0 Å². The molecule has 1 N–H and O–H groups in total. The summed E-state index contributed by atoms with van der Waals surface area (Å²) in [6, 6.07) is 0. The molecule has 3 nitrogen and oxygen atoms in total. The first-order valence-electron chi connectivity index (χ1n) is 7.54. The van der Waals surface area contributed by atoms with Gasteiger partial charge in [-0.15, -0.1) is 0 Å².